The number of aliphatic carboxylic acids is 1. The predicted molar refractivity (Wildman–Crippen MR) is 78.0 cm³/mol. The molecule has 1 heterocycles. The molecule has 118 valence electrons. The Bertz CT molecular complexity index is 470. The number of nitrogens with one attached hydrogen (secondary N) is 3. The van der Waals surface area contributed by atoms with Crippen molar-refractivity contribution in [2.45, 2.75) is 31.8 Å². The molecule has 8 nitrogen and oxygen atoms in total. The van der Waals surface area contributed by atoms with Crippen LogP contribution in [-0.4, -0.2) is 64.2 Å². The van der Waals surface area contributed by atoms with Gasteiger partial charge in [-0.3, -0.25) is 0 Å². The van der Waals surface area contributed by atoms with Gasteiger partial charge < -0.3 is 25.6 Å². The summed E-state index contributed by atoms with van der Waals surface area (Å²) in [6.07, 6.45) is 3.15. The fraction of sp³-hybridized carbons (Fsp3) is 0.615. The van der Waals surface area contributed by atoms with Crippen LogP contribution in [0.3, 0.4) is 0 Å². The Kier molecular flexibility index (Phi) is 5.71. The normalized spacial score (nSPS) is 13.0. The molecule has 2 amide bonds. The van der Waals surface area contributed by atoms with Crippen LogP contribution in [0.4, 0.5) is 4.79 Å². The lowest BCUT2D eigenvalue weighted by atomic mass is 10.0. The number of hydrogen-bond donors (Lipinski definition) is 4. The van der Waals surface area contributed by atoms with Crippen molar-refractivity contribution in [2.75, 3.05) is 20.6 Å². The minimum Gasteiger partial charge on any atom is -0.480 e. The van der Waals surface area contributed by atoms with Gasteiger partial charge >= 0.3 is 12.0 Å². The molecule has 0 aromatic carbocycles. The van der Waals surface area contributed by atoms with Crippen LogP contribution in [0.5, 0.6) is 0 Å². The summed E-state index contributed by atoms with van der Waals surface area (Å²) in [5.41, 5.74) is 0.427. The highest BCUT2D eigenvalue weighted by molar-refractivity contribution is 5.82. The molecule has 0 bridgehead atoms. The first-order chi connectivity index (χ1) is 9.72. The van der Waals surface area contributed by atoms with Crippen molar-refractivity contribution in [1.82, 2.24) is 25.5 Å². The van der Waals surface area contributed by atoms with E-state index in [0.29, 0.717) is 12.2 Å². The molecule has 0 saturated heterocycles. The van der Waals surface area contributed by atoms with Crippen LogP contribution in [0.25, 0.3) is 0 Å². The molecule has 0 aliphatic rings. The van der Waals surface area contributed by atoms with E-state index in [-0.39, 0.29) is 12.0 Å². The van der Waals surface area contributed by atoms with E-state index < -0.39 is 18.0 Å². The molecule has 0 aliphatic carbocycles. The third-order valence-electron chi connectivity index (χ3n) is 3.47. The van der Waals surface area contributed by atoms with Gasteiger partial charge in [-0.25, -0.2) is 14.6 Å². The molecule has 1 aromatic heterocycles. The van der Waals surface area contributed by atoms with Crippen molar-refractivity contribution < 1.29 is 14.7 Å². The van der Waals surface area contributed by atoms with Crippen molar-refractivity contribution >= 4 is 12.0 Å². The summed E-state index contributed by atoms with van der Waals surface area (Å²) < 4.78 is 0. The van der Waals surface area contributed by atoms with Gasteiger partial charge in [-0.15, -0.1) is 0 Å². The first-order valence-electron chi connectivity index (χ1n) is 6.64. The lowest BCUT2D eigenvalue weighted by Crippen LogP contribution is -2.53. The highest BCUT2D eigenvalue weighted by atomic mass is 16.4. The Labute approximate surface area is 123 Å². The smallest absolute Gasteiger partial charge is 0.326 e. The van der Waals surface area contributed by atoms with Crippen LogP contribution in [0.15, 0.2) is 12.5 Å². The Morgan fingerprint density at radius 3 is 2.62 bits per heavy atom. The van der Waals surface area contributed by atoms with Crippen LogP contribution in [0.1, 0.15) is 19.5 Å². The van der Waals surface area contributed by atoms with Crippen LogP contribution in [-0.2, 0) is 11.2 Å². The summed E-state index contributed by atoms with van der Waals surface area (Å²) in [4.78, 5) is 31.6. The highest BCUT2D eigenvalue weighted by Gasteiger charge is 2.24. The maximum absolute atomic E-state index is 11.8. The summed E-state index contributed by atoms with van der Waals surface area (Å²) in [6, 6.07) is -1.51. The van der Waals surface area contributed by atoms with E-state index in [4.69, 9.17) is 5.11 Å². The largest absolute Gasteiger partial charge is 0.480 e. The van der Waals surface area contributed by atoms with Gasteiger partial charge in [0.25, 0.3) is 0 Å². The lowest BCUT2D eigenvalue weighted by molar-refractivity contribution is -0.139. The quantitative estimate of drug-likeness (QED) is 0.568. The third kappa shape index (κ3) is 5.42. The van der Waals surface area contributed by atoms with Crippen molar-refractivity contribution in [1.29, 1.82) is 0 Å². The van der Waals surface area contributed by atoms with E-state index in [9.17, 15) is 9.59 Å². The Hall–Kier alpha value is -2.09. The average molecular weight is 297 g/mol. The molecule has 0 aliphatic heterocycles. The van der Waals surface area contributed by atoms with E-state index >= 15 is 0 Å². The van der Waals surface area contributed by atoms with Gasteiger partial charge in [0.2, 0.25) is 0 Å². The number of urea groups is 1. The van der Waals surface area contributed by atoms with Crippen LogP contribution >= 0.6 is 0 Å². The molecular weight excluding hydrogens is 274 g/mol. The second kappa shape index (κ2) is 7.07. The summed E-state index contributed by atoms with van der Waals surface area (Å²) in [5, 5.41) is 14.3. The first kappa shape index (κ1) is 17.0. The van der Waals surface area contributed by atoms with Gasteiger partial charge in [-0.05, 0) is 27.9 Å². The number of rotatable bonds is 7. The minimum absolute atomic E-state index is 0.153. The van der Waals surface area contributed by atoms with Gasteiger partial charge in [-0.1, -0.05) is 0 Å². The topological polar surface area (TPSA) is 110 Å². The third-order valence-corrected chi connectivity index (χ3v) is 3.47. The molecule has 0 radical (unpaired) electrons. The monoisotopic (exact) mass is 297 g/mol. The first-order valence-corrected chi connectivity index (χ1v) is 6.64. The van der Waals surface area contributed by atoms with Gasteiger partial charge in [-0.2, -0.15) is 0 Å². The van der Waals surface area contributed by atoms with E-state index in [1.807, 2.05) is 32.8 Å². The summed E-state index contributed by atoms with van der Waals surface area (Å²) in [7, 11) is 3.83. The lowest BCUT2D eigenvalue weighted by Gasteiger charge is -2.32. The summed E-state index contributed by atoms with van der Waals surface area (Å²) >= 11 is 0. The van der Waals surface area contributed by atoms with Gasteiger partial charge in [0.1, 0.15) is 6.04 Å². The fourth-order valence-corrected chi connectivity index (χ4v) is 1.48. The molecule has 8 heteroatoms. The van der Waals surface area contributed by atoms with Gasteiger partial charge in [0, 0.05) is 30.4 Å². The number of carbonyl (C=O) groups excluding carboxylic acids is 1. The van der Waals surface area contributed by atoms with E-state index in [1.54, 1.807) is 0 Å². The number of carboxylic acids is 1. The number of imidazole rings is 1. The predicted octanol–water partition coefficient (Wildman–Crippen LogP) is 0.0448. The standard InChI is InChI=1S/C13H23N5O3/c1-13(2,18(3)4)7-15-12(21)17-10(11(19)20)5-9-6-14-8-16-9/h6,8,10H,5,7H2,1-4H3,(H,14,16)(H,19,20)(H2,15,17,21). The number of H-pyrrole nitrogens is 1. The van der Waals surface area contributed by atoms with E-state index in [1.165, 1.54) is 12.5 Å². The number of carbonyl (C=O) groups is 2. The highest BCUT2D eigenvalue weighted by Crippen LogP contribution is 2.07. The Balaban J connectivity index is 2.52. The number of carboxylic acid groups (broad SMARTS) is 1. The Morgan fingerprint density at radius 1 is 1.48 bits per heavy atom. The van der Waals surface area contributed by atoms with Crippen LogP contribution in [0.2, 0.25) is 0 Å². The van der Waals surface area contributed by atoms with Gasteiger partial charge in [0.15, 0.2) is 0 Å². The maximum Gasteiger partial charge on any atom is 0.326 e. The second-order valence-electron chi connectivity index (χ2n) is 5.71. The number of hydrogen-bond acceptors (Lipinski definition) is 4. The zero-order valence-electron chi connectivity index (χ0n) is 12.8. The maximum atomic E-state index is 11.8. The van der Waals surface area contributed by atoms with Gasteiger partial charge in [0.05, 0.1) is 6.33 Å². The number of aromatic nitrogens is 2. The molecule has 0 spiro atoms. The van der Waals surface area contributed by atoms with Crippen molar-refractivity contribution in [3.05, 3.63) is 18.2 Å². The van der Waals surface area contributed by atoms with Crippen LogP contribution < -0.4 is 10.6 Å². The van der Waals surface area contributed by atoms with Crippen molar-refractivity contribution in [3.8, 4) is 0 Å². The average Bonchev–Trinajstić information content (AvgIpc) is 2.88. The zero-order valence-corrected chi connectivity index (χ0v) is 12.8. The van der Waals surface area contributed by atoms with Crippen LogP contribution in [0, 0.1) is 0 Å². The summed E-state index contributed by atoms with van der Waals surface area (Å²) in [6.45, 7) is 4.36. The Morgan fingerprint density at radius 2 is 2.14 bits per heavy atom. The molecule has 0 saturated carbocycles. The molecule has 21 heavy (non-hydrogen) atoms. The molecular formula is C13H23N5O3. The molecule has 1 unspecified atom stereocenters. The number of nitrogens with zero attached hydrogens (tertiary/aromatic N) is 2. The van der Waals surface area contributed by atoms with Crippen molar-refractivity contribution in [2.24, 2.45) is 0 Å². The van der Waals surface area contributed by atoms with Crippen molar-refractivity contribution in [3.63, 3.8) is 0 Å². The molecule has 1 rings (SSSR count). The van der Waals surface area contributed by atoms with E-state index in [2.05, 4.69) is 20.6 Å². The number of aromatic amines is 1. The molecule has 1 atom stereocenters. The van der Waals surface area contributed by atoms with E-state index in [0.717, 1.165) is 0 Å². The molecule has 4 N–H and O–H groups in total. The second-order valence-corrected chi connectivity index (χ2v) is 5.71. The minimum atomic E-state index is -1.09. The summed E-state index contributed by atoms with van der Waals surface area (Å²) in [5.74, 6) is -1.09. The zero-order chi connectivity index (χ0) is 16.0. The fourth-order valence-electron chi connectivity index (χ4n) is 1.48. The molecule has 0 fully saturated rings. The number of likely N-dealkylation sites (N-methyl/N-ethyl adjacent to an activating group) is 1. The SMILES string of the molecule is CN(C)C(C)(C)CNC(=O)NC(Cc1cnc[nH]1)C(=O)O. The molecule has 1 aromatic rings. The number of amides is 2.